The molecular formula is C18H21N5O2. The van der Waals surface area contributed by atoms with Gasteiger partial charge in [-0.05, 0) is 38.0 Å². The predicted molar refractivity (Wildman–Crippen MR) is 95.9 cm³/mol. The Kier molecular flexibility index (Phi) is 4.92. The van der Waals surface area contributed by atoms with Crippen LogP contribution in [0.25, 0.3) is 0 Å². The molecule has 0 bridgehead atoms. The number of nitrogens with one attached hydrogen (secondary N) is 2. The second kappa shape index (κ2) is 7.29. The maximum absolute atomic E-state index is 12.5. The first-order chi connectivity index (χ1) is 12.0. The van der Waals surface area contributed by atoms with Gasteiger partial charge in [0.1, 0.15) is 17.3 Å². The number of nitrogens with zero attached hydrogens (tertiary/aromatic N) is 3. The van der Waals surface area contributed by atoms with Gasteiger partial charge in [0.05, 0.1) is 0 Å². The summed E-state index contributed by atoms with van der Waals surface area (Å²) in [4.78, 5) is 34.2. The van der Waals surface area contributed by atoms with Gasteiger partial charge in [-0.2, -0.15) is 0 Å². The van der Waals surface area contributed by atoms with Crippen LogP contribution < -0.4 is 10.6 Å². The largest absolute Gasteiger partial charge is 0.340 e. The third-order valence-corrected chi connectivity index (χ3v) is 3.91. The van der Waals surface area contributed by atoms with Gasteiger partial charge in [-0.1, -0.05) is 6.07 Å². The van der Waals surface area contributed by atoms with Crippen molar-refractivity contribution in [1.82, 2.24) is 14.9 Å². The smallest absolute Gasteiger partial charge is 0.272 e. The molecule has 1 fully saturated rings. The topological polar surface area (TPSA) is 87.2 Å². The van der Waals surface area contributed by atoms with Crippen LogP contribution in [0.3, 0.4) is 0 Å². The minimum Gasteiger partial charge on any atom is -0.340 e. The Morgan fingerprint density at radius 1 is 1.08 bits per heavy atom. The van der Waals surface area contributed by atoms with Gasteiger partial charge >= 0.3 is 0 Å². The van der Waals surface area contributed by atoms with E-state index in [4.69, 9.17) is 0 Å². The monoisotopic (exact) mass is 339 g/mol. The van der Waals surface area contributed by atoms with Crippen molar-refractivity contribution in [3.05, 3.63) is 41.9 Å². The number of carbonyl (C=O) groups is 2. The summed E-state index contributed by atoms with van der Waals surface area (Å²) in [6, 6.07) is 8.97. The van der Waals surface area contributed by atoms with Crippen LogP contribution in [0, 0.1) is 6.92 Å². The van der Waals surface area contributed by atoms with E-state index in [9.17, 15) is 9.59 Å². The van der Waals surface area contributed by atoms with Gasteiger partial charge in [-0.15, -0.1) is 0 Å². The summed E-state index contributed by atoms with van der Waals surface area (Å²) >= 11 is 0. The number of likely N-dealkylation sites (tertiary alicyclic amines) is 1. The molecule has 0 unspecified atom stereocenters. The predicted octanol–water partition coefficient (Wildman–Crippen LogP) is 2.72. The molecule has 1 aliphatic rings. The van der Waals surface area contributed by atoms with Crippen LogP contribution in [0.1, 0.15) is 36.1 Å². The number of anilines is 3. The Bertz CT molecular complexity index is 800. The first-order valence-corrected chi connectivity index (χ1v) is 8.31. The molecule has 2 amide bonds. The molecule has 7 heteroatoms. The Morgan fingerprint density at radius 3 is 2.52 bits per heavy atom. The van der Waals surface area contributed by atoms with Crippen LogP contribution in [0.15, 0.2) is 30.3 Å². The molecule has 1 aromatic heterocycles. The van der Waals surface area contributed by atoms with Gasteiger partial charge < -0.3 is 15.5 Å². The lowest BCUT2D eigenvalue weighted by Crippen LogP contribution is -2.28. The fourth-order valence-corrected chi connectivity index (χ4v) is 2.85. The molecule has 0 aliphatic carbocycles. The van der Waals surface area contributed by atoms with Crippen molar-refractivity contribution in [1.29, 1.82) is 0 Å². The fourth-order valence-electron chi connectivity index (χ4n) is 2.85. The second-order valence-electron chi connectivity index (χ2n) is 6.07. The molecule has 0 spiro atoms. The number of carbonyl (C=O) groups excluding carboxylic acids is 2. The van der Waals surface area contributed by atoms with Gasteiger partial charge in [0.15, 0.2) is 0 Å². The summed E-state index contributed by atoms with van der Waals surface area (Å²) in [5.41, 5.74) is 1.86. The third kappa shape index (κ3) is 4.32. The molecule has 3 rings (SSSR count). The van der Waals surface area contributed by atoms with Crippen molar-refractivity contribution in [2.24, 2.45) is 0 Å². The first-order valence-electron chi connectivity index (χ1n) is 8.31. The lowest BCUT2D eigenvalue weighted by Gasteiger charge is -2.15. The highest BCUT2D eigenvalue weighted by molar-refractivity contribution is 5.93. The molecule has 2 aromatic rings. The average Bonchev–Trinajstić information content (AvgIpc) is 3.07. The standard InChI is InChI=1S/C18H21N5O2/c1-12-19-16(18(25)23-8-3-4-9-23)11-17(20-12)22-15-7-5-6-14(10-15)21-13(2)24/h5-7,10-11H,3-4,8-9H2,1-2H3,(H,21,24)(H,19,20,22). The van der Waals surface area contributed by atoms with E-state index in [0.29, 0.717) is 23.0 Å². The number of rotatable bonds is 4. The summed E-state index contributed by atoms with van der Waals surface area (Å²) in [5, 5.41) is 5.91. The second-order valence-corrected chi connectivity index (χ2v) is 6.07. The van der Waals surface area contributed by atoms with Crippen LogP contribution in [0.5, 0.6) is 0 Å². The quantitative estimate of drug-likeness (QED) is 0.894. The van der Waals surface area contributed by atoms with Gasteiger partial charge in [0.2, 0.25) is 5.91 Å². The van der Waals surface area contributed by atoms with E-state index < -0.39 is 0 Å². The number of hydrogen-bond acceptors (Lipinski definition) is 5. The van der Waals surface area contributed by atoms with Crippen LogP contribution in [-0.4, -0.2) is 39.8 Å². The zero-order chi connectivity index (χ0) is 17.8. The third-order valence-electron chi connectivity index (χ3n) is 3.91. The van der Waals surface area contributed by atoms with Gasteiger partial charge in [-0.25, -0.2) is 9.97 Å². The molecule has 0 saturated carbocycles. The zero-order valence-corrected chi connectivity index (χ0v) is 14.4. The molecule has 25 heavy (non-hydrogen) atoms. The first kappa shape index (κ1) is 16.9. The summed E-state index contributed by atoms with van der Waals surface area (Å²) in [5.74, 6) is 0.896. The van der Waals surface area contributed by atoms with E-state index in [2.05, 4.69) is 20.6 Å². The molecule has 7 nitrogen and oxygen atoms in total. The summed E-state index contributed by atoms with van der Waals surface area (Å²) in [7, 11) is 0. The lowest BCUT2D eigenvalue weighted by atomic mass is 10.2. The summed E-state index contributed by atoms with van der Waals surface area (Å²) in [6.07, 6.45) is 2.08. The van der Waals surface area contributed by atoms with E-state index in [0.717, 1.165) is 31.6 Å². The molecule has 0 radical (unpaired) electrons. The highest BCUT2D eigenvalue weighted by Gasteiger charge is 2.21. The maximum atomic E-state index is 12.5. The molecule has 1 aromatic carbocycles. The van der Waals surface area contributed by atoms with Gasteiger partial charge in [-0.3, -0.25) is 9.59 Å². The van der Waals surface area contributed by atoms with Crippen LogP contribution >= 0.6 is 0 Å². The highest BCUT2D eigenvalue weighted by Crippen LogP contribution is 2.20. The van der Waals surface area contributed by atoms with Crippen molar-refractivity contribution in [3.63, 3.8) is 0 Å². The minimum absolute atomic E-state index is 0.0574. The number of hydrogen-bond donors (Lipinski definition) is 2. The molecule has 0 atom stereocenters. The molecular weight excluding hydrogens is 318 g/mol. The number of aromatic nitrogens is 2. The van der Waals surface area contributed by atoms with Crippen LogP contribution in [-0.2, 0) is 4.79 Å². The Morgan fingerprint density at radius 2 is 1.80 bits per heavy atom. The Hall–Kier alpha value is -2.96. The number of aryl methyl sites for hydroxylation is 1. The van der Waals surface area contributed by atoms with E-state index in [1.54, 1.807) is 25.1 Å². The summed E-state index contributed by atoms with van der Waals surface area (Å²) in [6.45, 7) is 4.79. The van der Waals surface area contributed by atoms with Crippen LogP contribution in [0.2, 0.25) is 0 Å². The highest BCUT2D eigenvalue weighted by atomic mass is 16.2. The molecule has 1 aliphatic heterocycles. The number of amides is 2. The fraction of sp³-hybridized carbons (Fsp3) is 0.333. The molecule has 130 valence electrons. The SMILES string of the molecule is CC(=O)Nc1cccc(Nc2cc(C(=O)N3CCCC3)nc(C)n2)c1. The van der Waals surface area contributed by atoms with Crippen molar-refractivity contribution >= 4 is 29.0 Å². The van der Waals surface area contributed by atoms with Crippen molar-refractivity contribution in [2.45, 2.75) is 26.7 Å². The molecule has 2 N–H and O–H groups in total. The van der Waals surface area contributed by atoms with E-state index in [-0.39, 0.29) is 11.8 Å². The summed E-state index contributed by atoms with van der Waals surface area (Å²) < 4.78 is 0. The zero-order valence-electron chi connectivity index (χ0n) is 14.4. The average molecular weight is 339 g/mol. The van der Waals surface area contributed by atoms with Crippen LogP contribution in [0.4, 0.5) is 17.2 Å². The van der Waals surface area contributed by atoms with E-state index in [1.807, 2.05) is 17.0 Å². The molecule has 2 heterocycles. The van der Waals surface area contributed by atoms with E-state index >= 15 is 0 Å². The Labute approximate surface area is 146 Å². The lowest BCUT2D eigenvalue weighted by molar-refractivity contribution is -0.114. The normalized spacial score (nSPS) is 13.6. The minimum atomic E-state index is -0.131. The molecule has 1 saturated heterocycles. The van der Waals surface area contributed by atoms with Crippen molar-refractivity contribution in [2.75, 3.05) is 23.7 Å². The van der Waals surface area contributed by atoms with Crippen molar-refractivity contribution in [3.8, 4) is 0 Å². The number of benzene rings is 1. The van der Waals surface area contributed by atoms with E-state index in [1.165, 1.54) is 6.92 Å². The van der Waals surface area contributed by atoms with Crippen molar-refractivity contribution < 1.29 is 9.59 Å². The Balaban J connectivity index is 1.80. The maximum Gasteiger partial charge on any atom is 0.272 e. The van der Waals surface area contributed by atoms with Gasteiger partial charge in [0, 0.05) is 37.5 Å². The van der Waals surface area contributed by atoms with Gasteiger partial charge in [0.25, 0.3) is 5.91 Å².